The second-order valence-electron chi connectivity index (χ2n) is 14.6. The zero-order chi connectivity index (χ0) is 37.9. The number of rotatable bonds is 6. The topological polar surface area (TPSA) is 48.5 Å². The molecule has 0 bridgehead atoms. The monoisotopic (exact) mass is 729 g/mol. The van der Waals surface area contributed by atoms with Crippen molar-refractivity contribution in [3.8, 4) is 56.4 Å². The molecule has 0 saturated heterocycles. The van der Waals surface area contributed by atoms with Gasteiger partial charge in [0.25, 0.3) is 0 Å². The van der Waals surface area contributed by atoms with E-state index in [1.165, 1.54) is 21.5 Å². The van der Waals surface area contributed by atoms with Crippen molar-refractivity contribution in [2.24, 2.45) is 0 Å². The van der Waals surface area contributed by atoms with Crippen molar-refractivity contribution in [1.82, 2.24) is 24.1 Å². The highest BCUT2D eigenvalue weighted by molar-refractivity contribution is 6.10. The summed E-state index contributed by atoms with van der Waals surface area (Å²) in [6.07, 6.45) is 3.72. The first kappa shape index (κ1) is 32.8. The number of benzene rings is 7. The Balaban J connectivity index is 1.19. The Labute approximate surface area is 329 Å². The second kappa shape index (κ2) is 13.3. The molecule has 0 aliphatic heterocycles. The summed E-state index contributed by atoms with van der Waals surface area (Å²) in [6, 6.07) is 64.7. The molecule has 0 radical (unpaired) electrons. The van der Waals surface area contributed by atoms with Crippen LogP contribution in [0.2, 0.25) is 0 Å². The molecule has 0 unspecified atom stereocenters. The molecule has 0 fully saturated rings. The molecule has 7 aromatic carbocycles. The summed E-state index contributed by atoms with van der Waals surface area (Å²) in [7, 11) is 0. The summed E-state index contributed by atoms with van der Waals surface area (Å²) in [5, 5.41) is 4.88. The molecular formula is C52H35N5. The third-order valence-electron chi connectivity index (χ3n) is 11.1. The normalized spacial score (nSPS) is 11.6. The molecule has 268 valence electrons. The minimum Gasteiger partial charge on any atom is -0.309 e. The Morgan fingerprint density at radius 2 is 0.877 bits per heavy atom. The third-order valence-corrected chi connectivity index (χ3v) is 11.1. The Morgan fingerprint density at radius 3 is 1.39 bits per heavy atom. The van der Waals surface area contributed by atoms with Crippen LogP contribution in [0.5, 0.6) is 0 Å². The van der Waals surface area contributed by atoms with E-state index in [1.807, 2.05) is 36.7 Å². The first-order valence-corrected chi connectivity index (χ1v) is 19.3. The number of aromatic nitrogens is 5. The summed E-state index contributed by atoms with van der Waals surface area (Å²) < 4.78 is 4.79. The molecule has 57 heavy (non-hydrogen) atoms. The van der Waals surface area contributed by atoms with Gasteiger partial charge in [-0.15, -0.1) is 0 Å². The van der Waals surface area contributed by atoms with E-state index >= 15 is 0 Å². The summed E-state index contributed by atoms with van der Waals surface area (Å²) in [5.41, 5.74) is 14.8. The molecule has 11 rings (SSSR count). The molecule has 0 amide bonds. The van der Waals surface area contributed by atoms with E-state index in [-0.39, 0.29) is 0 Å². The van der Waals surface area contributed by atoms with Gasteiger partial charge < -0.3 is 9.13 Å². The van der Waals surface area contributed by atoms with Crippen molar-refractivity contribution in [1.29, 1.82) is 0 Å². The molecule has 5 nitrogen and oxygen atoms in total. The van der Waals surface area contributed by atoms with Crippen molar-refractivity contribution in [3.05, 3.63) is 200 Å². The summed E-state index contributed by atoms with van der Waals surface area (Å²) in [5.74, 6) is 0.678. The van der Waals surface area contributed by atoms with Gasteiger partial charge in [0.15, 0.2) is 5.82 Å². The van der Waals surface area contributed by atoms with Gasteiger partial charge >= 0.3 is 0 Å². The molecular weight excluding hydrogens is 695 g/mol. The van der Waals surface area contributed by atoms with Crippen molar-refractivity contribution in [2.45, 2.75) is 6.92 Å². The Bertz CT molecular complexity index is 3070. The van der Waals surface area contributed by atoms with Crippen LogP contribution in [0, 0.1) is 6.92 Å². The number of hydrogen-bond acceptors (Lipinski definition) is 3. The number of aryl methyl sites for hydroxylation is 1. The predicted octanol–water partition coefficient (Wildman–Crippen LogP) is 13.0. The van der Waals surface area contributed by atoms with Crippen molar-refractivity contribution in [3.63, 3.8) is 0 Å². The lowest BCUT2D eigenvalue weighted by Gasteiger charge is -2.16. The van der Waals surface area contributed by atoms with E-state index in [2.05, 4.69) is 179 Å². The minimum atomic E-state index is 0.678. The summed E-state index contributed by atoms with van der Waals surface area (Å²) in [6.45, 7) is 2.15. The van der Waals surface area contributed by atoms with Crippen LogP contribution in [0.25, 0.3) is 100 Å². The number of fused-ring (bicyclic) bond motifs is 6. The van der Waals surface area contributed by atoms with Crippen molar-refractivity contribution >= 4 is 43.6 Å². The van der Waals surface area contributed by atoms with Crippen LogP contribution in [0.15, 0.2) is 194 Å². The van der Waals surface area contributed by atoms with Gasteiger partial charge in [-0.05, 0) is 78.7 Å². The molecule has 0 saturated carbocycles. The van der Waals surface area contributed by atoms with Gasteiger partial charge in [-0.3, -0.25) is 4.98 Å². The fourth-order valence-corrected chi connectivity index (χ4v) is 8.53. The second-order valence-corrected chi connectivity index (χ2v) is 14.6. The third kappa shape index (κ3) is 5.51. The standard InChI is InChI=1S/C52H35N5/c1-34-28-36(25-26-41(34)37-16-13-27-53-33-37)46-32-47(55-52(54-46)35-14-3-2-4-15-35)38-29-39(56-48-21-9-5-17-42(48)43-18-6-10-22-49(43)56)31-40(30-38)57-50-23-11-7-19-44(50)45-20-8-12-24-51(45)57/h2-33H,1H3. The lowest BCUT2D eigenvalue weighted by molar-refractivity contribution is 1.13. The lowest BCUT2D eigenvalue weighted by Crippen LogP contribution is -2.01. The van der Waals surface area contributed by atoms with E-state index in [0.717, 1.165) is 78.2 Å². The van der Waals surface area contributed by atoms with Gasteiger partial charge in [0.2, 0.25) is 0 Å². The highest BCUT2D eigenvalue weighted by Gasteiger charge is 2.19. The van der Waals surface area contributed by atoms with E-state index in [4.69, 9.17) is 9.97 Å². The first-order valence-electron chi connectivity index (χ1n) is 19.3. The van der Waals surface area contributed by atoms with Crippen LogP contribution in [0.1, 0.15) is 5.56 Å². The largest absolute Gasteiger partial charge is 0.309 e. The lowest BCUT2D eigenvalue weighted by atomic mass is 9.97. The van der Waals surface area contributed by atoms with E-state index in [0.29, 0.717) is 5.82 Å². The van der Waals surface area contributed by atoms with Crippen molar-refractivity contribution in [2.75, 3.05) is 0 Å². The van der Waals surface area contributed by atoms with E-state index in [1.54, 1.807) is 0 Å². The van der Waals surface area contributed by atoms with Gasteiger partial charge in [0.1, 0.15) is 0 Å². The minimum absolute atomic E-state index is 0.678. The molecule has 11 aromatic rings. The number of hydrogen-bond donors (Lipinski definition) is 0. The fraction of sp³-hybridized carbons (Fsp3) is 0.0192. The maximum Gasteiger partial charge on any atom is 0.160 e. The van der Waals surface area contributed by atoms with Gasteiger partial charge in [-0.2, -0.15) is 0 Å². The van der Waals surface area contributed by atoms with Gasteiger partial charge in [-0.1, -0.05) is 121 Å². The van der Waals surface area contributed by atoms with Crippen molar-refractivity contribution < 1.29 is 0 Å². The van der Waals surface area contributed by atoms with Gasteiger partial charge in [0.05, 0.1) is 33.5 Å². The highest BCUT2D eigenvalue weighted by Crippen LogP contribution is 2.39. The molecule has 5 heteroatoms. The Hall–Kier alpha value is -7.63. The highest BCUT2D eigenvalue weighted by atomic mass is 15.0. The molecule has 4 aromatic heterocycles. The average Bonchev–Trinajstić information content (AvgIpc) is 3.80. The average molecular weight is 730 g/mol. The predicted molar refractivity (Wildman–Crippen MR) is 235 cm³/mol. The molecule has 0 atom stereocenters. The van der Waals surface area contributed by atoms with Gasteiger partial charge in [-0.25, -0.2) is 9.97 Å². The maximum absolute atomic E-state index is 5.34. The van der Waals surface area contributed by atoms with E-state index in [9.17, 15) is 0 Å². The van der Waals surface area contributed by atoms with E-state index < -0.39 is 0 Å². The van der Waals surface area contributed by atoms with Crippen LogP contribution in [-0.4, -0.2) is 24.1 Å². The van der Waals surface area contributed by atoms with Crippen LogP contribution >= 0.6 is 0 Å². The smallest absolute Gasteiger partial charge is 0.160 e. The summed E-state index contributed by atoms with van der Waals surface area (Å²) >= 11 is 0. The number of nitrogens with zero attached hydrogens (tertiary/aromatic N) is 5. The zero-order valence-corrected chi connectivity index (χ0v) is 31.2. The quantitative estimate of drug-likeness (QED) is 0.171. The number of para-hydroxylation sites is 4. The van der Waals surface area contributed by atoms with Crippen LogP contribution in [0.4, 0.5) is 0 Å². The maximum atomic E-state index is 5.34. The fourth-order valence-electron chi connectivity index (χ4n) is 8.53. The number of pyridine rings is 1. The SMILES string of the molecule is Cc1cc(-c2cc(-c3cc(-n4c5ccccc5c5ccccc54)cc(-n4c5ccccc5c5ccccc54)c3)nc(-c3ccccc3)n2)ccc1-c1cccnc1. The molecule has 0 aliphatic carbocycles. The molecule has 0 N–H and O–H groups in total. The van der Waals surface area contributed by atoms with Crippen LogP contribution in [0.3, 0.4) is 0 Å². The molecule has 0 aliphatic rings. The summed E-state index contributed by atoms with van der Waals surface area (Å²) in [4.78, 5) is 14.9. The first-order chi connectivity index (χ1) is 28.2. The molecule has 4 heterocycles. The van der Waals surface area contributed by atoms with Crippen LogP contribution < -0.4 is 0 Å². The Morgan fingerprint density at radius 1 is 0.386 bits per heavy atom. The zero-order valence-electron chi connectivity index (χ0n) is 31.2. The van der Waals surface area contributed by atoms with Crippen LogP contribution in [-0.2, 0) is 0 Å². The van der Waals surface area contributed by atoms with Gasteiger partial charge in [0, 0.05) is 67.6 Å². The molecule has 0 spiro atoms. The Kier molecular flexibility index (Phi) is 7.64.